The summed E-state index contributed by atoms with van der Waals surface area (Å²) in [7, 11) is 0. The van der Waals surface area contributed by atoms with Crippen molar-refractivity contribution in [3.63, 3.8) is 0 Å². The number of nitrogens with one attached hydrogen (secondary N) is 2. The molecule has 9 nitrogen and oxygen atoms in total. The maximum atomic E-state index is 11.3. The van der Waals surface area contributed by atoms with Crippen molar-refractivity contribution in [1.29, 1.82) is 0 Å². The van der Waals surface area contributed by atoms with Crippen molar-refractivity contribution in [2.24, 2.45) is 11.8 Å². The highest BCUT2D eigenvalue weighted by atomic mass is 16.5. The summed E-state index contributed by atoms with van der Waals surface area (Å²) in [6.07, 6.45) is 10.1. The van der Waals surface area contributed by atoms with E-state index in [-0.39, 0.29) is 37.5 Å². The molecule has 0 bridgehead atoms. The SMILES string of the molecule is CCCCc1oc(CCc2ccc(O)c(OCC(O)c3cc4c([nH]3)CCC3CCCC3C4C(CCCO)NCC(C)O)c2)cc1CO. The Morgan fingerprint density at radius 3 is 2.66 bits per heavy atom. The van der Waals surface area contributed by atoms with Crippen LogP contribution in [0.15, 0.2) is 34.7 Å². The molecule has 9 heteroatoms. The zero-order valence-corrected chi connectivity index (χ0v) is 28.2. The number of aromatic nitrogens is 1. The molecule has 1 aromatic carbocycles. The largest absolute Gasteiger partial charge is 0.504 e. The van der Waals surface area contributed by atoms with Gasteiger partial charge in [0.2, 0.25) is 0 Å². The van der Waals surface area contributed by atoms with Crippen molar-refractivity contribution < 1.29 is 34.7 Å². The van der Waals surface area contributed by atoms with Crippen molar-refractivity contribution in [1.82, 2.24) is 10.3 Å². The maximum Gasteiger partial charge on any atom is 0.161 e. The summed E-state index contributed by atoms with van der Waals surface area (Å²) in [6, 6.07) is 9.47. The number of aromatic hydroxyl groups is 1. The molecule has 7 N–H and O–H groups in total. The monoisotopic (exact) mass is 652 g/mol. The standard InChI is InChI=1S/C38H56N2O7/c1-3-4-10-36-27(22-42)19-28(47-36)14-11-25-12-16-34(44)37(18-25)46-23-35(45)33-20-30-31(40-33)15-13-26-7-5-8-29(26)38(30)32(9-6-17-41)39-21-24(2)43/h12,16,18-20,24,26,29,32,35,38-45H,3-11,13-15,17,21-23H2,1-2H3. The van der Waals surface area contributed by atoms with Gasteiger partial charge in [-0.1, -0.05) is 32.3 Å². The molecule has 1 fully saturated rings. The van der Waals surface area contributed by atoms with E-state index in [0.29, 0.717) is 49.1 Å². The van der Waals surface area contributed by atoms with Crippen LogP contribution in [0.1, 0.15) is 117 Å². The predicted molar refractivity (Wildman–Crippen MR) is 182 cm³/mol. The number of benzene rings is 1. The van der Waals surface area contributed by atoms with E-state index in [9.17, 15) is 25.5 Å². The van der Waals surface area contributed by atoms with Crippen LogP contribution in [0.4, 0.5) is 0 Å². The smallest absolute Gasteiger partial charge is 0.161 e. The van der Waals surface area contributed by atoms with Crippen LogP contribution in [-0.4, -0.2) is 62.4 Å². The van der Waals surface area contributed by atoms with Crippen molar-refractivity contribution in [2.45, 2.75) is 122 Å². The molecule has 47 heavy (non-hydrogen) atoms. The summed E-state index contributed by atoms with van der Waals surface area (Å²) in [5, 5.41) is 54.9. The molecule has 2 aliphatic carbocycles. The fraction of sp³-hybridized carbons (Fsp3) is 0.632. The van der Waals surface area contributed by atoms with Crippen LogP contribution >= 0.6 is 0 Å². The van der Waals surface area contributed by atoms with Gasteiger partial charge in [-0.15, -0.1) is 0 Å². The van der Waals surface area contributed by atoms with Gasteiger partial charge in [-0.3, -0.25) is 0 Å². The van der Waals surface area contributed by atoms with Crippen LogP contribution < -0.4 is 10.1 Å². The van der Waals surface area contributed by atoms with Crippen LogP contribution in [0.25, 0.3) is 0 Å². The molecule has 0 aliphatic heterocycles. The van der Waals surface area contributed by atoms with E-state index in [2.05, 4.69) is 23.3 Å². The minimum atomic E-state index is -0.909. The van der Waals surface area contributed by atoms with E-state index in [0.717, 1.165) is 66.9 Å². The number of aliphatic hydroxyl groups excluding tert-OH is 4. The number of furan rings is 1. The second-order valence-electron chi connectivity index (χ2n) is 13.9. The molecule has 5 rings (SSSR count). The van der Waals surface area contributed by atoms with Crippen LogP contribution in [0, 0.1) is 11.8 Å². The minimum Gasteiger partial charge on any atom is -0.504 e. The lowest BCUT2D eigenvalue weighted by Crippen LogP contribution is -2.42. The summed E-state index contributed by atoms with van der Waals surface area (Å²) < 4.78 is 12.0. The number of hydrogen-bond donors (Lipinski definition) is 7. The Morgan fingerprint density at radius 2 is 1.89 bits per heavy atom. The van der Waals surface area contributed by atoms with Gasteiger partial charge in [0.15, 0.2) is 11.5 Å². The fourth-order valence-electron chi connectivity index (χ4n) is 7.92. The maximum absolute atomic E-state index is 11.3. The van der Waals surface area contributed by atoms with E-state index in [4.69, 9.17) is 9.15 Å². The number of phenols is 1. The number of unbranched alkanes of at least 4 members (excludes halogenated alkanes) is 1. The van der Waals surface area contributed by atoms with Crippen LogP contribution in [0.3, 0.4) is 0 Å². The number of H-pyrrole nitrogens is 1. The van der Waals surface area contributed by atoms with E-state index in [1.54, 1.807) is 13.0 Å². The summed E-state index contributed by atoms with van der Waals surface area (Å²) in [6.45, 7) is 4.52. The van der Waals surface area contributed by atoms with Gasteiger partial charge in [-0.25, -0.2) is 0 Å². The van der Waals surface area contributed by atoms with Gasteiger partial charge in [-0.05, 0) is 99.1 Å². The summed E-state index contributed by atoms with van der Waals surface area (Å²) in [5.74, 6) is 3.46. The molecule has 2 aliphatic rings. The topological polar surface area (TPSA) is 151 Å². The molecular formula is C38H56N2O7. The number of ether oxygens (including phenoxy) is 1. The first-order valence-electron chi connectivity index (χ1n) is 17.9. The normalized spacial score (nSPS) is 21.2. The Kier molecular flexibility index (Phi) is 12.9. The second-order valence-corrected chi connectivity index (χ2v) is 13.9. The highest BCUT2D eigenvalue weighted by Crippen LogP contribution is 2.49. The van der Waals surface area contributed by atoms with Crippen LogP contribution in [0.5, 0.6) is 11.5 Å². The molecule has 0 saturated heterocycles. The molecule has 6 unspecified atom stereocenters. The quantitative estimate of drug-likeness (QED) is 0.0938. The number of aromatic amines is 1. The third-order valence-electron chi connectivity index (χ3n) is 10.4. The average Bonchev–Trinajstić information content (AvgIpc) is 3.79. The summed E-state index contributed by atoms with van der Waals surface area (Å²) in [5.41, 5.74) is 4.93. The number of aliphatic hydroxyl groups is 4. The average molecular weight is 653 g/mol. The third kappa shape index (κ3) is 9.00. The Bertz CT molecular complexity index is 1400. The van der Waals surface area contributed by atoms with E-state index in [1.807, 2.05) is 18.2 Å². The summed E-state index contributed by atoms with van der Waals surface area (Å²) >= 11 is 0. The van der Waals surface area contributed by atoms with Crippen molar-refractivity contribution in [3.05, 3.63) is 69.9 Å². The molecule has 0 spiro atoms. The predicted octanol–water partition coefficient (Wildman–Crippen LogP) is 5.60. The summed E-state index contributed by atoms with van der Waals surface area (Å²) in [4.78, 5) is 3.55. The molecule has 3 aromatic rings. The molecule has 0 amide bonds. The van der Waals surface area contributed by atoms with Crippen molar-refractivity contribution >= 4 is 0 Å². The Hall–Kier alpha value is -2.82. The number of rotatable bonds is 18. The number of aryl methyl sites for hydroxylation is 4. The zero-order chi connectivity index (χ0) is 33.3. The first kappa shape index (κ1) is 35.5. The lowest BCUT2D eigenvalue weighted by Gasteiger charge is -2.35. The van der Waals surface area contributed by atoms with Crippen LogP contribution in [-0.2, 0) is 32.3 Å². The number of phenolic OH excluding ortho intramolecular Hbond substituents is 1. The molecule has 2 heterocycles. The molecule has 0 radical (unpaired) electrons. The van der Waals surface area contributed by atoms with Gasteiger partial charge >= 0.3 is 0 Å². The Morgan fingerprint density at radius 1 is 1.04 bits per heavy atom. The van der Waals surface area contributed by atoms with Gasteiger partial charge < -0.3 is 45.0 Å². The lowest BCUT2D eigenvalue weighted by molar-refractivity contribution is 0.103. The molecule has 2 aromatic heterocycles. The van der Waals surface area contributed by atoms with Crippen molar-refractivity contribution in [3.8, 4) is 11.5 Å². The van der Waals surface area contributed by atoms with E-state index >= 15 is 0 Å². The second kappa shape index (κ2) is 17.0. The molecule has 6 atom stereocenters. The minimum absolute atomic E-state index is 0.0137. The number of fused-ring (bicyclic) bond motifs is 2. The van der Waals surface area contributed by atoms with Gasteiger partial charge in [0.1, 0.15) is 24.2 Å². The van der Waals surface area contributed by atoms with Gasteiger partial charge in [-0.2, -0.15) is 0 Å². The zero-order valence-electron chi connectivity index (χ0n) is 28.2. The molecule has 1 saturated carbocycles. The Balaban J connectivity index is 1.27. The van der Waals surface area contributed by atoms with Gasteiger partial charge in [0, 0.05) is 54.9 Å². The highest BCUT2D eigenvalue weighted by Gasteiger charge is 2.42. The van der Waals surface area contributed by atoms with Gasteiger partial charge in [0.25, 0.3) is 0 Å². The van der Waals surface area contributed by atoms with Crippen molar-refractivity contribution in [2.75, 3.05) is 19.8 Å². The van der Waals surface area contributed by atoms with Crippen LogP contribution in [0.2, 0.25) is 0 Å². The van der Waals surface area contributed by atoms with E-state index < -0.39 is 12.2 Å². The fourth-order valence-corrected chi connectivity index (χ4v) is 7.92. The number of hydrogen-bond acceptors (Lipinski definition) is 8. The molecular weight excluding hydrogens is 596 g/mol. The lowest BCUT2D eigenvalue weighted by atomic mass is 9.75. The first-order valence-corrected chi connectivity index (χ1v) is 17.9. The third-order valence-corrected chi connectivity index (χ3v) is 10.4. The van der Waals surface area contributed by atoms with Gasteiger partial charge in [0.05, 0.1) is 12.7 Å². The Labute approximate surface area is 279 Å². The highest BCUT2D eigenvalue weighted by molar-refractivity contribution is 5.42. The molecule has 260 valence electrons. The van der Waals surface area contributed by atoms with E-state index in [1.165, 1.54) is 24.8 Å². The first-order chi connectivity index (χ1) is 22.8.